The van der Waals surface area contributed by atoms with Crippen LogP contribution in [0.25, 0.3) is 0 Å². The Morgan fingerprint density at radius 1 is 1.36 bits per heavy atom. The molecule has 1 saturated heterocycles. The second-order valence-electron chi connectivity index (χ2n) is 6.56. The van der Waals surface area contributed by atoms with Crippen molar-refractivity contribution in [1.29, 1.82) is 0 Å². The molecule has 0 aromatic heterocycles. The van der Waals surface area contributed by atoms with Crippen LogP contribution in [0.4, 0.5) is 0 Å². The maximum atomic E-state index is 12.3. The molecule has 0 aromatic rings. The molecule has 0 saturated carbocycles. The lowest BCUT2D eigenvalue weighted by atomic mass is 9.95. The molecule has 1 N–H and O–H groups in total. The molecule has 1 heterocycles. The van der Waals surface area contributed by atoms with Gasteiger partial charge in [0.25, 0.3) is 0 Å². The quantitative estimate of drug-likeness (QED) is 0.689. The molecule has 1 fully saturated rings. The molecule has 1 aliphatic rings. The third kappa shape index (κ3) is 6.19. The van der Waals surface area contributed by atoms with Gasteiger partial charge in [-0.15, -0.1) is 0 Å². The second kappa shape index (κ2) is 6.81. The molecule has 1 unspecified atom stereocenters. The molecular formula is C12H24N2O6S2. The van der Waals surface area contributed by atoms with Crippen molar-refractivity contribution in [3.8, 4) is 0 Å². The first-order chi connectivity index (χ1) is 9.85. The van der Waals surface area contributed by atoms with E-state index in [4.69, 9.17) is 0 Å². The van der Waals surface area contributed by atoms with Crippen molar-refractivity contribution >= 4 is 26.0 Å². The summed E-state index contributed by atoms with van der Waals surface area (Å²) in [5.41, 5.74) is -0.246. The highest BCUT2D eigenvalue weighted by molar-refractivity contribution is 7.91. The van der Waals surface area contributed by atoms with E-state index in [1.165, 1.54) is 11.9 Å². The maximum Gasteiger partial charge on any atom is 0.336 e. The van der Waals surface area contributed by atoms with Gasteiger partial charge in [-0.2, -0.15) is 13.1 Å². The Kier molecular flexibility index (Phi) is 5.99. The molecule has 1 aliphatic heterocycles. The minimum atomic E-state index is -3.95. The molecule has 1 atom stereocenters. The van der Waals surface area contributed by atoms with Crippen molar-refractivity contribution in [3.63, 3.8) is 0 Å². The summed E-state index contributed by atoms with van der Waals surface area (Å²) in [5, 5.41) is 0. The molecule has 8 nitrogen and oxygen atoms in total. The van der Waals surface area contributed by atoms with Crippen molar-refractivity contribution in [2.45, 2.75) is 33.2 Å². The van der Waals surface area contributed by atoms with Crippen LogP contribution in [0.2, 0.25) is 0 Å². The topological polar surface area (TPSA) is 110 Å². The van der Waals surface area contributed by atoms with Crippen LogP contribution in [0.15, 0.2) is 0 Å². The van der Waals surface area contributed by atoms with E-state index in [0.29, 0.717) is 13.0 Å². The Morgan fingerprint density at radius 3 is 2.36 bits per heavy atom. The van der Waals surface area contributed by atoms with Gasteiger partial charge in [0, 0.05) is 19.6 Å². The molecule has 22 heavy (non-hydrogen) atoms. The van der Waals surface area contributed by atoms with E-state index in [0.717, 1.165) is 0 Å². The van der Waals surface area contributed by atoms with Gasteiger partial charge in [-0.3, -0.25) is 4.79 Å². The van der Waals surface area contributed by atoms with Crippen LogP contribution in [0.5, 0.6) is 0 Å². The number of carbonyl (C=O) groups excluding carboxylic acids is 1. The maximum absolute atomic E-state index is 12.3. The van der Waals surface area contributed by atoms with E-state index in [1.807, 2.05) is 25.5 Å². The lowest BCUT2D eigenvalue weighted by Gasteiger charge is -2.34. The summed E-state index contributed by atoms with van der Waals surface area (Å²) in [5.74, 6) is -0.578. The predicted molar refractivity (Wildman–Crippen MR) is 82.2 cm³/mol. The van der Waals surface area contributed by atoms with Gasteiger partial charge in [-0.05, 0) is 11.8 Å². The van der Waals surface area contributed by atoms with Crippen molar-refractivity contribution in [2.75, 3.05) is 31.7 Å². The summed E-state index contributed by atoms with van der Waals surface area (Å²) in [6.07, 6.45) is 0.364. The molecular weight excluding hydrogens is 332 g/mol. The highest BCUT2D eigenvalue weighted by atomic mass is 32.2. The van der Waals surface area contributed by atoms with Gasteiger partial charge in [0.05, 0.1) is 11.5 Å². The average molecular weight is 356 g/mol. The van der Waals surface area contributed by atoms with Crippen LogP contribution in [0, 0.1) is 5.41 Å². The first-order valence-electron chi connectivity index (χ1n) is 6.93. The zero-order chi connectivity index (χ0) is 17.2. The van der Waals surface area contributed by atoms with Crippen LogP contribution in [0.1, 0.15) is 27.2 Å². The number of nitrogens with zero attached hydrogens (tertiary/aromatic N) is 1. The summed E-state index contributed by atoms with van der Waals surface area (Å²) >= 11 is 0. The number of sulfone groups is 1. The van der Waals surface area contributed by atoms with E-state index in [9.17, 15) is 21.6 Å². The molecule has 130 valence electrons. The van der Waals surface area contributed by atoms with Crippen molar-refractivity contribution in [3.05, 3.63) is 0 Å². The van der Waals surface area contributed by atoms with Gasteiger partial charge >= 0.3 is 10.3 Å². The Morgan fingerprint density at radius 2 is 1.95 bits per heavy atom. The van der Waals surface area contributed by atoms with Crippen molar-refractivity contribution in [1.82, 2.24) is 9.62 Å². The molecule has 0 radical (unpaired) electrons. The molecule has 10 heteroatoms. The predicted octanol–water partition coefficient (Wildman–Crippen LogP) is -0.471. The smallest absolute Gasteiger partial charge is 0.336 e. The number of amides is 1. The first kappa shape index (κ1) is 19.3. The normalized spacial score (nSPS) is 21.7. The third-order valence-electron chi connectivity index (χ3n) is 3.20. The molecule has 0 spiro atoms. The Balaban J connectivity index is 2.84. The first-order valence-corrected chi connectivity index (χ1v) is 10.2. The molecule has 1 rings (SSSR count). The summed E-state index contributed by atoms with van der Waals surface area (Å²) in [6.45, 7) is 5.44. The van der Waals surface area contributed by atoms with Crippen LogP contribution < -0.4 is 4.72 Å². The monoisotopic (exact) mass is 356 g/mol. The summed E-state index contributed by atoms with van der Waals surface area (Å²) in [6, 6.07) is -0.433. The Bertz CT molecular complexity index is 606. The van der Waals surface area contributed by atoms with Gasteiger partial charge in [0.15, 0.2) is 9.84 Å². The van der Waals surface area contributed by atoms with E-state index in [1.54, 1.807) is 0 Å². The van der Waals surface area contributed by atoms with Gasteiger partial charge in [-0.25, -0.2) is 12.6 Å². The minimum absolute atomic E-state index is 0.0429. The second-order valence-corrected chi connectivity index (χ2v) is 10.3. The summed E-state index contributed by atoms with van der Waals surface area (Å²) in [4.78, 5) is 13.7. The highest BCUT2D eigenvalue weighted by Gasteiger charge is 2.36. The Labute approximate surface area is 132 Å². The SMILES string of the molecule is CNS(=O)(=O)OCC(=O)N(CC(C)(C)C)C1CCS(=O)(=O)C1. The molecule has 0 aromatic carbocycles. The van der Waals surface area contributed by atoms with Crippen molar-refractivity contribution < 1.29 is 25.8 Å². The minimum Gasteiger partial charge on any atom is -0.336 e. The van der Waals surface area contributed by atoms with Gasteiger partial charge < -0.3 is 4.90 Å². The number of hydrogen-bond donors (Lipinski definition) is 1. The van der Waals surface area contributed by atoms with E-state index >= 15 is 0 Å². The lowest BCUT2D eigenvalue weighted by Crippen LogP contribution is -2.47. The van der Waals surface area contributed by atoms with Gasteiger partial charge in [-0.1, -0.05) is 20.8 Å². The van der Waals surface area contributed by atoms with Crippen LogP contribution in [-0.4, -0.2) is 65.4 Å². The zero-order valence-electron chi connectivity index (χ0n) is 13.3. The fourth-order valence-corrected chi connectivity index (χ4v) is 4.33. The van der Waals surface area contributed by atoms with Gasteiger partial charge in [0.1, 0.15) is 6.61 Å². The van der Waals surface area contributed by atoms with E-state index in [-0.39, 0.29) is 16.9 Å². The van der Waals surface area contributed by atoms with Crippen LogP contribution >= 0.6 is 0 Å². The lowest BCUT2D eigenvalue weighted by molar-refractivity contribution is -0.136. The highest BCUT2D eigenvalue weighted by Crippen LogP contribution is 2.23. The number of carbonyl (C=O) groups is 1. The number of rotatable bonds is 6. The number of hydrogen-bond acceptors (Lipinski definition) is 6. The molecule has 0 bridgehead atoms. The van der Waals surface area contributed by atoms with Crippen LogP contribution in [0.3, 0.4) is 0 Å². The summed E-state index contributed by atoms with van der Waals surface area (Å²) in [7, 11) is -5.92. The Hall–Kier alpha value is -0.710. The average Bonchev–Trinajstić information content (AvgIpc) is 2.72. The van der Waals surface area contributed by atoms with Crippen molar-refractivity contribution in [2.24, 2.45) is 5.41 Å². The standard InChI is InChI=1S/C12H24N2O6S2/c1-12(2,3)9-14(10-5-6-21(16,17)8-10)11(15)7-20-22(18,19)13-4/h10,13H,5-9H2,1-4H3. The van der Waals surface area contributed by atoms with Gasteiger partial charge in [0.2, 0.25) is 5.91 Å². The molecule has 0 aliphatic carbocycles. The zero-order valence-corrected chi connectivity index (χ0v) is 15.0. The number of nitrogens with one attached hydrogen (secondary N) is 1. The fourth-order valence-electron chi connectivity index (χ4n) is 2.22. The van der Waals surface area contributed by atoms with Crippen LogP contribution in [-0.2, 0) is 29.1 Å². The van der Waals surface area contributed by atoms with E-state index in [2.05, 4.69) is 4.18 Å². The molecule has 1 amide bonds. The third-order valence-corrected chi connectivity index (χ3v) is 5.88. The summed E-state index contributed by atoms with van der Waals surface area (Å²) < 4.78 is 52.2. The van der Waals surface area contributed by atoms with E-state index < -0.39 is 38.7 Å². The fraction of sp³-hybridized carbons (Fsp3) is 0.917. The largest absolute Gasteiger partial charge is 0.336 e.